The lowest BCUT2D eigenvalue weighted by atomic mass is 9.87. The summed E-state index contributed by atoms with van der Waals surface area (Å²) in [5.41, 5.74) is 0.574. The highest BCUT2D eigenvalue weighted by Gasteiger charge is 2.36. The SMILES string of the molecule is C=CC(=O)N1CCN(c2ncc3ncnc(NC4=CCC(C)(Oc5cnc6c(c5)ncn6C(F)F)C(C)=C4F)c3n2)C[C@H]1C. The Kier molecular flexibility index (Phi) is 7.39. The number of piperazine rings is 1. The normalized spacial score (nSPS) is 20.8. The third-order valence-corrected chi connectivity index (χ3v) is 7.98. The van der Waals surface area contributed by atoms with Crippen LogP contribution in [0.15, 0.2) is 66.9 Å². The first-order valence-corrected chi connectivity index (χ1v) is 13.9. The number of pyridine rings is 1. The van der Waals surface area contributed by atoms with Gasteiger partial charge in [-0.2, -0.15) is 8.78 Å². The average molecular weight is 607 g/mol. The fraction of sp³-hybridized carbons (Fsp3) is 0.345. The van der Waals surface area contributed by atoms with Crippen LogP contribution < -0.4 is 15.0 Å². The quantitative estimate of drug-likeness (QED) is 0.299. The molecule has 4 aromatic rings. The maximum atomic E-state index is 15.8. The summed E-state index contributed by atoms with van der Waals surface area (Å²) < 4.78 is 49.0. The van der Waals surface area contributed by atoms with Gasteiger partial charge in [0, 0.05) is 43.7 Å². The van der Waals surface area contributed by atoms with Crippen molar-refractivity contribution in [1.29, 1.82) is 0 Å². The molecule has 1 fully saturated rings. The highest BCUT2D eigenvalue weighted by atomic mass is 19.3. The maximum Gasteiger partial charge on any atom is 0.321 e. The summed E-state index contributed by atoms with van der Waals surface area (Å²) >= 11 is 0. The van der Waals surface area contributed by atoms with E-state index in [1.165, 1.54) is 24.7 Å². The first kappa shape index (κ1) is 29.0. The second kappa shape index (κ2) is 11.2. The van der Waals surface area contributed by atoms with Gasteiger partial charge in [-0.1, -0.05) is 12.7 Å². The molecule has 4 aromatic heterocycles. The molecular formula is C29H29F3N10O2. The van der Waals surface area contributed by atoms with E-state index in [0.29, 0.717) is 52.6 Å². The molecule has 1 saturated heterocycles. The number of fused-ring (bicyclic) bond motifs is 2. The molecule has 1 aliphatic heterocycles. The predicted molar refractivity (Wildman–Crippen MR) is 157 cm³/mol. The van der Waals surface area contributed by atoms with Gasteiger partial charge >= 0.3 is 6.55 Å². The lowest BCUT2D eigenvalue weighted by Crippen LogP contribution is -2.54. The minimum Gasteiger partial charge on any atom is -0.481 e. The fourth-order valence-electron chi connectivity index (χ4n) is 5.36. The highest BCUT2D eigenvalue weighted by molar-refractivity contribution is 5.88. The Morgan fingerprint density at radius 1 is 1.18 bits per heavy atom. The summed E-state index contributed by atoms with van der Waals surface area (Å²) in [7, 11) is 0. The van der Waals surface area contributed by atoms with Crippen LogP contribution in [0.1, 0.15) is 33.7 Å². The Bertz CT molecular complexity index is 1840. The average Bonchev–Trinajstić information content (AvgIpc) is 3.45. The molecule has 0 spiro atoms. The number of aromatic nitrogens is 7. The second-order valence-corrected chi connectivity index (χ2v) is 10.8. The zero-order valence-electron chi connectivity index (χ0n) is 24.2. The summed E-state index contributed by atoms with van der Waals surface area (Å²) in [5.74, 6) is 0.361. The standard InChI is InChI=1S/C29H29F3N10O2/c1-5-22(43)41-9-8-40(13-16(41)2)28-34-12-21-24(39-28)25(36-14-35-21)38-19-6-7-29(4,17(3)23(19)30)44-18-10-20-26(33-11-18)42(15-37-20)27(31)32/h5-6,10-12,14-16,27H,1,7-9,13H2,2-4H3,(H,35,36,38)/t16-,29?/m1/s1. The van der Waals surface area contributed by atoms with Crippen LogP contribution in [-0.2, 0) is 4.79 Å². The zero-order chi connectivity index (χ0) is 31.2. The van der Waals surface area contributed by atoms with E-state index < -0.39 is 18.0 Å². The van der Waals surface area contributed by atoms with Crippen molar-refractivity contribution in [3.63, 3.8) is 0 Å². The van der Waals surface area contributed by atoms with Gasteiger partial charge in [-0.25, -0.2) is 34.3 Å². The van der Waals surface area contributed by atoms with Crippen molar-refractivity contribution in [1.82, 2.24) is 39.4 Å². The number of amides is 1. The third kappa shape index (κ3) is 5.18. The second-order valence-electron chi connectivity index (χ2n) is 10.8. The number of imidazole rings is 1. The fourth-order valence-corrected chi connectivity index (χ4v) is 5.36. The number of halogens is 3. The van der Waals surface area contributed by atoms with E-state index in [9.17, 15) is 13.6 Å². The number of carbonyl (C=O) groups is 1. The number of allylic oxidation sites excluding steroid dienone is 1. The molecule has 0 radical (unpaired) electrons. The van der Waals surface area contributed by atoms with E-state index in [1.54, 1.807) is 31.0 Å². The van der Waals surface area contributed by atoms with Gasteiger partial charge in [0.25, 0.3) is 0 Å². The van der Waals surface area contributed by atoms with Crippen molar-refractivity contribution in [2.45, 2.75) is 45.4 Å². The molecule has 2 atom stereocenters. The van der Waals surface area contributed by atoms with Crippen LogP contribution in [0.5, 0.6) is 5.75 Å². The molecule has 0 aromatic carbocycles. The molecule has 228 valence electrons. The van der Waals surface area contributed by atoms with Gasteiger partial charge in [-0.05, 0) is 26.8 Å². The molecule has 12 nitrogen and oxygen atoms in total. The number of hydrogen-bond acceptors (Lipinski definition) is 10. The van der Waals surface area contributed by atoms with Gasteiger partial charge in [0.05, 0.1) is 18.1 Å². The number of anilines is 2. The van der Waals surface area contributed by atoms with E-state index in [-0.39, 0.29) is 41.0 Å². The van der Waals surface area contributed by atoms with Gasteiger partial charge in [-0.15, -0.1) is 0 Å². The van der Waals surface area contributed by atoms with E-state index in [2.05, 4.69) is 36.8 Å². The summed E-state index contributed by atoms with van der Waals surface area (Å²) in [6, 6.07) is 1.43. The summed E-state index contributed by atoms with van der Waals surface area (Å²) in [6.07, 6.45) is 8.52. The van der Waals surface area contributed by atoms with Crippen LogP contribution in [-0.4, -0.2) is 76.6 Å². The van der Waals surface area contributed by atoms with Gasteiger partial charge < -0.3 is 19.9 Å². The Balaban J connectivity index is 1.22. The summed E-state index contributed by atoms with van der Waals surface area (Å²) in [5, 5.41) is 3.06. The number of rotatable bonds is 7. The van der Waals surface area contributed by atoms with Crippen LogP contribution in [0, 0.1) is 0 Å². The van der Waals surface area contributed by atoms with Crippen LogP contribution in [0.2, 0.25) is 0 Å². The van der Waals surface area contributed by atoms with Crippen LogP contribution in [0.3, 0.4) is 0 Å². The molecule has 1 amide bonds. The first-order chi connectivity index (χ1) is 21.1. The lowest BCUT2D eigenvalue weighted by Gasteiger charge is -2.39. The number of ether oxygens (including phenoxy) is 1. The Labute approximate surface area is 250 Å². The number of nitrogens with zero attached hydrogens (tertiary/aromatic N) is 9. The van der Waals surface area contributed by atoms with E-state index >= 15 is 4.39 Å². The van der Waals surface area contributed by atoms with Crippen LogP contribution in [0.25, 0.3) is 22.2 Å². The van der Waals surface area contributed by atoms with Crippen molar-refractivity contribution < 1.29 is 22.7 Å². The number of hydrogen-bond donors (Lipinski definition) is 1. The topological polar surface area (TPSA) is 127 Å². The molecule has 5 heterocycles. The zero-order valence-corrected chi connectivity index (χ0v) is 24.2. The van der Waals surface area contributed by atoms with Crippen LogP contribution in [0.4, 0.5) is 24.9 Å². The van der Waals surface area contributed by atoms with Gasteiger partial charge in [0.1, 0.15) is 46.4 Å². The van der Waals surface area contributed by atoms with E-state index in [0.717, 1.165) is 6.33 Å². The molecule has 0 saturated carbocycles. The molecule has 2 aliphatic rings. The largest absolute Gasteiger partial charge is 0.481 e. The molecule has 1 aliphatic carbocycles. The van der Waals surface area contributed by atoms with Crippen molar-refractivity contribution >= 4 is 39.9 Å². The molecule has 15 heteroatoms. The lowest BCUT2D eigenvalue weighted by molar-refractivity contribution is -0.128. The highest BCUT2D eigenvalue weighted by Crippen LogP contribution is 2.38. The van der Waals surface area contributed by atoms with Crippen molar-refractivity contribution in [2.24, 2.45) is 0 Å². The molecule has 44 heavy (non-hydrogen) atoms. The first-order valence-electron chi connectivity index (χ1n) is 13.9. The predicted octanol–water partition coefficient (Wildman–Crippen LogP) is 4.56. The third-order valence-electron chi connectivity index (χ3n) is 7.98. The Hall–Kier alpha value is -5.08. The number of alkyl halides is 2. The van der Waals surface area contributed by atoms with E-state index in [1.807, 2.05) is 11.8 Å². The monoisotopic (exact) mass is 606 g/mol. The van der Waals surface area contributed by atoms with E-state index in [4.69, 9.17) is 9.72 Å². The molecule has 0 bridgehead atoms. The number of nitrogens with one attached hydrogen (secondary N) is 1. The molecular weight excluding hydrogens is 577 g/mol. The molecule has 1 N–H and O–H groups in total. The summed E-state index contributed by atoms with van der Waals surface area (Å²) in [4.78, 5) is 41.7. The maximum absolute atomic E-state index is 15.8. The Morgan fingerprint density at radius 2 is 2.00 bits per heavy atom. The van der Waals surface area contributed by atoms with Crippen LogP contribution >= 0.6 is 0 Å². The van der Waals surface area contributed by atoms with Gasteiger partial charge in [0.15, 0.2) is 11.5 Å². The number of carbonyl (C=O) groups excluding carboxylic acids is 1. The summed E-state index contributed by atoms with van der Waals surface area (Å²) in [6.45, 7) is 7.66. The minimum atomic E-state index is -2.77. The molecule has 1 unspecified atom stereocenters. The smallest absolute Gasteiger partial charge is 0.321 e. The molecule has 6 rings (SSSR count). The van der Waals surface area contributed by atoms with Crippen molar-refractivity contribution in [3.8, 4) is 5.75 Å². The van der Waals surface area contributed by atoms with Gasteiger partial charge in [-0.3, -0.25) is 9.36 Å². The van der Waals surface area contributed by atoms with Crippen molar-refractivity contribution in [2.75, 3.05) is 29.9 Å². The Morgan fingerprint density at radius 3 is 2.75 bits per heavy atom. The van der Waals surface area contributed by atoms with Gasteiger partial charge in [0.2, 0.25) is 11.9 Å². The van der Waals surface area contributed by atoms with Crippen molar-refractivity contribution in [3.05, 3.63) is 66.9 Å². The minimum absolute atomic E-state index is 0.0228.